The van der Waals surface area contributed by atoms with Gasteiger partial charge in [0.25, 0.3) is 0 Å². The van der Waals surface area contributed by atoms with Gasteiger partial charge in [-0.1, -0.05) is 19.9 Å². The third kappa shape index (κ3) is 6.18. The SMILES string of the molecule is CC(C)C(NS(=O)(=O)c1ccc2c(c1)OCCCO2)C(=O)NCC(O)c1ccc(F)cc1F. The maximum absolute atomic E-state index is 13.8. The number of carbonyl (C=O) groups is 1. The van der Waals surface area contributed by atoms with Gasteiger partial charge in [0.05, 0.1) is 24.2 Å². The molecule has 1 amide bonds. The van der Waals surface area contributed by atoms with Crippen LogP contribution in [0, 0.1) is 17.6 Å². The summed E-state index contributed by atoms with van der Waals surface area (Å²) in [5.74, 6) is -2.16. The van der Waals surface area contributed by atoms with E-state index in [-0.39, 0.29) is 10.5 Å². The Morgan fingerprint density at radius 2 is 1.79 bits per heavy atom. The number of ether oxygens (including phenoxy) is 2. The van der Waals surface area contributed by atoms with E-state index in [1.165, 1.54) is 18.2 Å². The van der Waals surface area contributed by atoms with Crippen LogP contribution in [-0.4, -0.2) is 45.2 Å². The third-order valence-corrected chi connectivity index (χ3v) is 6.49. The van der Waals surface area contributed by atoms with Crippen LogP contribution in [0.2, 0.25) is 0 Å². The Hall–Kier alpha value is -2.76. The van der Waals surface area contributed by atoms with E-state index >= 15 is 0 Å². The van der Waals surface area contributed by atoms with E-state index in [9.17, 15) is 27.1 Å². The first-order valence-corrected chi connectivity index (χ1v) is 11.9. The standard InChI is InChI=1S/C22H26F2N2O6S/c1-13(2)21(22(28)25-12-18(27)16-6-4-14(23)10-17(16)24)26-33(29,30)15-5-7-19-20(11-15)32-9-3-8-31-19/h4-7,10-11,13,18,21,26-27H,3,8-9,12H2,1-2H3,(H,25,28). The van der Waals surface area contributed by atoms with Crippen molar-refractivity contribution < 1.29 is 36.6 Å². The lowest BCUT2D eigenvalue weighted by atomic mass is 10.0. The van der Waals surface area contributed by atoms with Gasteiger partial charge in [0.2, 0.25) is 15.9 Å². The topological polar surface area (TPSA) is 114 Å². The highest BCUT2D eigenvalue weighted by Crippen LogP contribution is 2.32. The van der Waals surface area contributed by atoms with Gasteiger partial charge in [-0.3, -0.25) is 4.79 Å². The lowest BCUT2D eigenvalue weighted by Crippen LogP contribution is -2.50. The minimum Gasteiger partial charge on any atom is -0.490 e. The number of aliphatic hydroxyl groups excluding tert-OH is 1. The van der Waals surface area contributed by atoms with Crippen molar-refractivity contribution in [2.24, 2.45) is 5.92 Å². The van der Waals surface area contributed by atoms with Gasteiger partial charge < -0.3 is 19.9 Å². The number of halogens is 2. The molecule has 1 aliphatic rings. The van der Waals surface area contributed by atoms with E-state index in [1.807, 2.05) is 0 Å². The molecule has 0 fully saturated rings. The Morgan fingerprint density at radius 3 is 2.45 bits per heavy atom. The fourth-order valence-corrected chi connectivity index (χ4v) is 4.59. The van der Waals surface area contributed by atoms with Gasteiger partial charge in [-0.05, 0) is 24.1 Å². The molecule has 2 unspecified atom stereocenters. The first-order chi connectivity index (χ1) is 15.6. The Balaban J connectivity index is 1.70. The van der Waals surface area contributed by atoms with Crippen LogP contribution in [0.4, 0.5) is 8.78 Å². The summed E-state index contributed by atoms with van der Waals surface area (Å²) in [6.45, 7) is 3.75. The number of benzene rings is 2. The molecule has 8 nitrogen and oxygen atoms in total. The summed E-state index contributed by atoms with van der Waals surface area (Å²) in [6, 6.07) is 5.70. The second kappa shape index (κ2) is 10.4. The highest BCUT2D eigenvalue weighted by molar-refractivity contribution is 7.89. The van der Waals surface area contributed by atoms with Gasteiger partial charge >= 0.3 is 0 Å². The average Bonchev–Trinajstić information content (AvgIpc) is 3.00. The molecule has 33 heavy (non-hydrogen) atoms. The second-order valence-electron chi connectivity index (χ2n) is 7.93. The van der Waals surface area contributed by atoms with Gasteiger partial charge in [-0.15, -0.1) is 0 Å². The van der Waals surface area contributed by atoms with Gasteiger partial charge in [-0.25, -0.2) is 17.2 Å². The number of rotatable bonds is 8. The average molecular weight is 485 g/mol. The van der Waals surface area contributed by atoms with Crippen LogP contribution in [-0.2, 0) is 14.8 Å². The van der Waals surface area contributed by atoms with E-state index in [0.29, 0.717) is 37.2 Å². The Labute approximate surface area is 191 Å². The predicted octanol–water partition coefficient (Wildman–Crippen LogP) is 2.28. The van der Waals surface area contributed by atoms with Crippen molar-refractivity contribution in [2.45, 2.75) is 37.3 Å². The summed E-state index contributed by atoms with van der Waals surface area (Å²) in [4.78, 5) is 12.6. The van der Waals surface area contributed by atoms with Crippen LogP contribution in [0.1, 0.15) is 31.9 Å². The largest absolute Gasteiger partial charge is 0.490 e. The van der Waals surface area contributed by atoms with E-state index in [2.05, 4.69) is 10.0 Å². The zero-order chi connectivity index (χ0) is 24.2. The molecule has 0 saturated heterocycles. The summed E-state index contributed by atoms with van der Waals surface area (Å²) in [5.41, 5.74) is -0.189. The van der Waals surface area contributed by atoms with Crippen molar-refractivity contribution in [1.82, 2.24) is 10.0 Å². The molecule has 2 aromatic rings. The zero-order valence-corrected chi connectivity index (χ0v) is 19.0. The van der Waals surface area contributed by atoms with Crippen LogP contribution >= 0.6 is 0 Å². The first-order valence-electron chi connectivity index (χ1n) is 10.4. The van der Waals surface area contributed by atoms with Gasteiger partial charge in [-0.2, -0.15) is 4.72 Å². The van der Waals surface area contributed by atoms with Crippen LogP contribution in [0.15, 0.2) is 41.3 Å². The van der Waals surface area contributed by atoms with Crippen LogP contribution in [0.5, 0.6) is 11.5 Å². The Bertz CT molecular complexity index is 1110. The summed E-state index contributed by atoms with van der Waals surface area (Å²) < 4.78 is 66.2. The molecule has 2 aromatic carbocycles. The van der Waals surface area contributed by atoms with E-state index in [0.717, 1.165) is 12.1 Å². The van der Waals surface area contributed by atoms with Crippen molar-refractivity contribution in [1.29, 1.82) is 0 Å². The highest BCUT2D eigenvalue weighted by atomic mass is 32.2. The van der Waals surface area contributed by atoms with E-state index < -0.39 is 52.2 Å². The Kier molecular flexibility index (Phi) is 7.88. The first kappa shape index (κ1) is 24.9. The van der Waals surface area contributed by atoms with Crippen molar-refractivity contribution >= 4 is 15.9 Å². The minimum atomic E-state index is -4.11. The maximum Gasteiger partial charge on any atom is 0.241 e. The molecule has 0 radical (unpaired) electrons. The van der Waals surface area contributed by atoms with E-state index in [4.69, 9.17) is 9.47 Å². The zero-order valence-electron chi connectivity index (χ0n) is 18.2. The molecule has 11 heteroatoms. The summed E-state index contributed by atoms with van der Waals surface area (Å²) in [7, 11) is -4.11. The van der Waals surface area contributed by atoms with Crippen molar-refractivity contribution in [3.8, 4) is 11.5 Å². The number of amides is 1. The lowest BCUT2D eigenvalue weighted by Gasteiger charge is -2.23. The fourth-order valence-electron chi connectivity index (χ4n) is 3.23. The molecule has 0 spiro atoms. The number of sulfonamides is 1. The molecular formula is C22H26F2N2O6S. The van der Waals surface area contributed by atoms with E-state index in [1.54, 1.807) is 13.8 Å². The molecular weight excluding hydrogens is 458 g/mol. The highest BCUT2D eigenvalue weighted by Gasteiger charge is 2.29. The molecule has 1 heterocycles. The Morgan fingerprint density at radius 1 is 1.09 bits per heavy atom. The van der Waals surface area contributed by atoms with Gasteiger partial charge in [0, 0.05) is 30.7 Å². The fraction of sp³-hybridized carbons (Fsp3) is 0.409. The summed E-state index contributed by atoms with van der Waals surface area (Å²) in [6.07, 6.45) is -0.779. The number of hydrogen-bond acceptors (Lipinski definition) is 6. The molecule has 3 rings (SSSR count). The molecule has 0 bridgehead atoms. The van der Waals surface area contributed by atoms with Crippen LogP contribution < -0.4 is 19.5 Å². The quantitative estimate of drug-likeness (QED) is 0.530. The smallest absolute Gasteiger partial charge is 0.241 e. The molecule has 0 saturated carbocycles. The molecule has 2 atom stereocenters. The number of carbonyl (C=O) groups excluding carboxylic acids is 1. The number of fused-ring (bicyclic) bond motifs is 1. The van der Waals surface area contributed by atoms with Crippen LogP contribution in [0.3, 0.4) is 0 Å². The van der Waals surface area contributed by atoms with Crippen LogP contribution in [0.25, 0.3) is 0 Å². The molecule has 3 N–H and O–H groups in total. The van der Waals surface area contributed by atoms with Crippen molar-refractivity contribution in [3.05, 3.63) is 53.6 Å². The minimum absolute atomic E-state index is 0.0985. The van der Waals surface area contributed by atoms with Crippen molar-refractivity contribution in [2.75, 3.05) is 19.8 Å². The van der Waals surface area contributed by atoms with Crippen molar-refractivity contribution in [3.63, 3.8) is 0 Å². The molecule has 0 aromatic heterocycles. The third-order valence-electron chi connectivity index (χ3n) is 5.05. The normalized spacial score (nSPS) is 15.6. The number of hydrogen-bond donors (Lipinski definition) is 3. The monoisotopic (exact) mass is 484 g/mol. The lowest BCUT2D eigenvalue weighted by molar-refractivity contribution is -0.124. The summed E-state index contributed by atoms with van der Waals surface area (Å²) >= 11 is 0. The molecule has 1 aliphatic heterocycles. The van der Waals surface area contributed by atoms with Gasteiger partial charge in [0.15, 0.2) is 11.5 Å². The summed E-state index contributed by atoms with van der Waals surface area (Å²) in [5, 5.41) is 12.6. The molecule has 180 valence electrons. The molecule has 0 aliphatic carbocycles. The number of aliphatic hydroxyl groups is 1. The predicted molar refractivity (Wildman–Crippen MR) is 115 cm³/mol. The van der Waals surface area contributed by atoms with Gasteiger partial charge in [0.1, 0.15) is 17.7 Å². The number of nitrogens with one attached hydrogen (secondary N) is 2. The maximum atomic E-state index is 13.8. The second-order valence-corrected chi connectivity index (χ2v) is 9.64.